The zero-order chi connectivity index (χ0) is 11.6. The van der Waals surface area contributed by atoms with E-state index in [-0.39, 0.29) is 5.02 Å². The smallest absolute Gasteiger partial charge is 0.258 e. The third kappa shape index (κ3) is 1.97. The summed E-state index contributed by atoms with van der Waals surface area (Å²) >= 11 is 5.49. The lowest BCUT2D eigenvalue weighted by molar-refractivity contribution is -0.729. The molecule has 0 aromatic heterocycles. The van der Waals surface area contributed by atoms with Gasteiger partial charge in [0.05, 0.1) is 9.83 Å². The van der Waals surface area contributed by atoms with Gasteiger partial charge in [-0.3, -0.25) is 10.1 Å². The molecule has 76 valence electrons. The Kier molecular flexibility index (Phi) is 2.77. The van der Waals surface area contributed by atoms with E-state index < -0.39 is 26.9 Å². The van der Waals surface area contributed by atoms with Crippen molar-refractivity contribution in [2.45, 2.75) is 0 Å². The molecular formula is C6H3ClN4O4+2. The van der Waals surface area contributed by atoms with E-state index in [2.05, 4.69) is 4.98 Å². The highest BCUT2D eigenvalue weighted by Gasteiger charge is 2.34. The van der Waals surface area contributed by atoms with Crippen LogP contribution in [0.15, 0.2) is 12.1 Å². The van der Waals surface area contributed by atoms with Crippen molar-refractivity contribution in [2.24, 2.45) is 0 Å². The Morgan fingerprint density at radius 3 is 2.47 bits per heavy atom. The molecule has 8 nitrogen and oxygen atoms in total. The van der Waals surface area contributed by atoms with Gasteiger partial charge in [-0.15, -0.1) is 0 Å². The summed E-state index contributed by atoms with van der Waals surface area (Å²) in [5.41, 5.74) is -1.60. The lowest BCUT2D eigenvalue weighted by Crippen LogP contribution is -1.95. The number of nitrogens with zero attached hydrogens (tertiary/aromatic N) is 4. The van der Waals surface area contributed by atoms with E-state index in [1.165, 1.54) is 0 Å². The van der Waals surface area contributed by atoms with Crippen molar-refractivity contribution in [3.05, 3.63) is 37.2 Å². The fourth-order valence-corrected chi connectivity index (χ4v) is 1.17. The number of hydrogen-bond acceptors (Lipinski definition) is 4. The van der Waals surface area contributed by atoms with Gasteiger partial charge in [0.2, 0.25) is 5.39 Å². The number of hydrogen-bond donors (Lipinski definition) is 1. The first-order valence-electron chi connectivity index (χ1n) is 3.46. The van der Waals surface area contributed by atoms with Crippen LogP contribution in [0, 0.1) is 20.4 Å². The van der Waals surface area contributed by atoms with Gasteiger partial charge < -0.3 is 0 Å². The first-order valence-corrected chi connectivity index (χ1v) is 3.84. The lowest BCUT2D eigenvalue weighted by atomic mass is 10.2. The molecule has 1 aromatic rings. The second-order valence-electron chi connectivity index (χ2n) is 2.43. The molecule has 0 saturated heterocycles. The molecule has 0 atom stereocenters. The second kappa shape index (κ2) is 3.85. The van der Waals surface area contributed by atoms with Crippen molar-refractivity contribution in [2.75, 3.05) is 0 Å². The molecular weight excluding hydrogens is 228 g/mol. The minimum absolute atomic E-state index is 0.323. The fraction of sp³-hybridized carbons (Fsp3) is 0. The zero-order valence-corrected chi connectivity index (χ0v) is 7.75. The molecule has 1 rings (SSSR count). The summed E-state index contributed by atoms with van der Waals surface area (Å²) in [7, 11) is 0. The van der Waals surface area contributed by atoms with Gasteiger partial charge in [-0.05, 0) is 0 Å². The summed E-state index contributed by atoms with van der Waals surface area (Å²) in [4.78, 5) is 22.1. The van der Waals surface area contributed by atoms with Crippen LogP contribution >= 0.6 is 11.6 Å². The molecule has 0 saturated carbocycles. The SMILES string of the molecule is N#[N+]c1c(Cl)cc([N+](=O)O)cc1[N+](=O)[O-]. The quantitative estimate of drug-likeness (QED) is 0.477. The van der Waals surface area contributed by atoms with Gasteiger partial charge in [0.1, 0.15) is 6.07 Å². The number of rotatable bonds is 2. The van der Waals surface area contributed by atoms with Gasteiger partial charge in [-0.25, -0.2) is 5.21 Å². The van der Waals surface area contributed by atoms with Crippen molar-refractivity contribution < 1.29 is 15.1 Å². The maximum absolute atomic E-state index is 10.5. The van der Waals surface area contributed by atoms with Crippen LogP contribution in [-0.4, -0.2) is 15.1 Å². The number of diazo groups is 1. The maximum Gasteiger partial charge on any atom is 0.479 e. The number of benzene rings is 1. The number of nitro benzene ring substituents is 1. The van der Waals surface area contributed by atoms with Crippen molar-refractivity contribution in [1.29, 1.82) is 5.39 Å². The standard InChI is InChI=1S/C6H3ClN4O4/c7-4-1-3(10(12)13)2-5(11(14)15)6(4)9-8/h1-2H,(H,12,13)/q+2. The van der Waals surface area contributed by atoms with Crippen LogP contribution in [0.5, 0.6) is 0 Å². The molecule has 15 heavy (non-hydrogen) atoms. The highest BCUT2D eigenvalue weighted by molar-refractivity contribution is 6.34. The van der Waals surface area contributed by atoms with Crippen LogP contribution in [0.1, 0.15) is 0 Å². The van der Waals surface area contributed by atoms with E-state index in [0.717, 1.165) is 12.1 Å². The average molecular weight is 231 g/mol. The van der Waals surface area contributed by atoms with Gasteiger partial charge in [0.15, 0.2) is 10.00 Å². The molecule has 0 bridgehead atoms. The summed E-state index contributed by atoms with van der Waals surface area (Å²) in [5.74, 6) is 0. The van der Waals surface area contributed by atoms with Crippen LogP contribution in [0.3, 0.4) is 0 Å². The maximum atomic E-state index is 10.5. The molecule has 0 amide bonds. The molecule has 0 unspecified atom stereocenters. The van der Waals surface area contributed by atoms with Crippen LogP contribution < -0.4 is 0 Å². The topological polar surface area (TPSA) is 112 Å². The van der Waals surface area contributed by atoms with Gasteiger partial charge in [-0.1, -0.05) is 11.6 Å². The molecule has 0 aliphatic carbocycles. The molecule has 0 fully saturated rings. The Labute approximate surface area is 87.0 Å². The van der Waals surface area contributed by atoms with Crippen LogP contribution in [0.25, 0.3) is 4.98 Å². The Hall–Kier alpha value is -2.27. The minimum Gasteiger partial charge on any atom is -0.258 e. The van der Waals surface area contributed by atoms with Crippen molar-refractivity contribution >= 4 is 28.7 Å². The highest BCUT2D eigenvalue weighted by Crippen LogP contribution is 2.38. The molecule has 1 aromatic carbocycles. The highest BCUT2D eigenvalue weighted by atomic mass is 35.5. The Morgan fingerprint density at radius 1 is 1.47 bits per heavy atom. The molecule has 0 heterocycles. The van der Waals surface area contributed by atoms with Crippen molar-refractivity contribution in [3.8, 4) is 0 Å². The number of halogens is 1. The van der Waals surface area contributed by atoms with E-state index in [0.29, 0.717) is 0 Å². The summed E-state index contributed by atoms with van der Waals surface area (Å²) < 4.78 is 0. The minimum atomic E-state index is -0.895. The monoisotopic (exact) mass is 230 g/mol. The first kappa shape index (κ1) is 10.8. The summed E-state index contributed by atoms with van der Waals surface area (Å²) in [5, 5.41) is 27.1. The third-order valence-corrected chi connectivity index (χ3v) is 1.83. The Balaban J connectivity index is 3.54. The van der Waals surface area contributed by atoms with E-state index >= 15 is 0 Å². The molecule has 0 radical (unpaired) electrons. The van der Waals surface area contributed by atoms with Crippen LogP contribution in [-0.2, 0) is 0 Å². The van der Waals surface area contributed by atoms with E-state index in [4.69, 9.17) is 22.2 Å². The van der Waals surface area contributed by atoms with Gasteiger partial charge in [0, 0.05) is 6.07 Å². The largest absolute Gasteiger partial charge is 0.479 e. The molecule has 0 spiro atoms. The van der Waals surface area contributed by atoms with E-state index in [9.17, 15) is 15.0 Å². The molecule has 0 aliphatic rings. The summed E-state index contributed by atoms with van der Waals surface area (Å²) in [6.45, 7) is 0. The molecule has 1 N–H and O–H groups in total. The lowest BCUT2D eigenvalue weighted by Gasteiger charge is -1.88. The van der Waals surface area contributed by atoms with Gasteiger partial charge in [0.25, 0.3) is 4.92 Å². The summed E-state index contributed by atoms with van der Waals surface area (Å²) in [6, 6.07) is 1.66. The van der Waals surface area contributed by atoms with Crippen molar-refractivity contribution in [3.63, 3.8) is 0 Å². The second-order valence-corrected chi connectivity index (χ2v) is 2.83. The first-order chi connectivity index (χ1) is 6.97. The van der Waals surface area contributed by atoms with Crippen LogP contribution in [0.2, 0.25) is 5.02 Å². The third-order valence-electron chi connectivity index (χ3n) is 1.55. The fourth-order valence-electron chi connectivity index (χ4n) is 0.919. The van der Waals surface area contributed by atoms with Crippen LogP contribution in [0.4, 0.5) is 17.1 Å². The average Bonchev–Trinajstić information content (AvgIpc) is 2.16. The van der Waals surface area contributed by atoms with Gasteiger partial charge >= 0.3 is 17.1 Å². The predicted octanol–water partition coefficient (Wildman–Crippen LogP) is 2.53. The number of nitro groups is 1. The van der Waals surface area contributed by atoms with E-state index in [1.54, 1.807) is 0 Å². The molecule has 0 aliphatic heterocycles. The van der Waals surface area contributed by atoms with Crippen molar-refractivity contribution in [1.82, 2.24) is 0 Å². The predicted molar refractivity (Wildman–Crippen MR) is 47.9 cm³/mol. The van der Waals surface area contributed by atoms with E-state index in [1.807, 2.05) is 0 Å². The Bertz CT molecular complexity index is 495. The zero-order valence-electron chi connectivity index (χ0n) is 6.99. The van der Waals surface area contributed by atoms with Gasteiger partial charge in [-0.2, -0.15) is 0 Å². The summed E-state index contributed by atoms with van der Waals surface area (Å²) in [6.07, 6.45) is 0. The Morgan fingerprint density at radius 2 is 2.07 bits per heavy atom. The normalized spacial score (nSPS) is 9.33. The molecule has 9 heteroatoms.